The number of fused-ring (bicyclic) bond motifs is 1. The molecule has 2 aromatic carbocycles. The molecule has 2 fully saturated rings. The Morgan fingerprint density at radius 3 is 2.50 bits per heavy atom. The number of methoxy groups -OCH3 is 1. The van der Waals surface area contributed by atoms with Crippen LogP contribution >= 0.6 is 0 Å². The van der Waals surface area contributed by atoms with Gasteiger partial charge in [0.1, 0.15) is 11.5 Å². The van der Waals surface area contributed by atoms with E-state index in [-0.39, 0.29) is 35.2 Å². The fourth-order valence-electron chi connectivity index (χ4n) is 5.63. The van der Waals surface area contributed by atoms with Gasteiger partial charge in [-0.15, -0.1) is 0 Å². The van der Waals surface area contributed by atoms with Crippen molar-refractivity contribution in [1.82, 2.24) is 14.8 Å². The summed E-state index contributed by atoms with van der Waals surface area (Å²) in [6.45, 7) is 3.26. The van der Waals surface area contributed by atoms with E-state index >= 15 is 0 Å². The third-order valence-electron chi connectivity index (χ3n) is 7.64. The number of amides is 1. The number of aromatic amines is 1. The van der Waals surface area contributed by atoms with Crippen molar-refractivity contribution in [2.45, 2.75) is 38.1 Å². The highest BCUT2D eigenvalue weighted by molar-refractivity contribution is 6.00. The fourth-order valence-corrected chi connectivity index (χ4v) is 5.63. The van der Waals surface area contributed by atoms with Gasteiger partial charge >= 0.3 is 0 Å². The van der Waals surface area contributed by atoms with Crippen LogP contribution in [0.4, 0.5) is 8.78 Å². The molecule has 2 saturated heterocycles. The van der Waals surface area contributed by atoms with Crippen LogP contribution < -0.4 is 4.74 Å². The number of aromatic nitrogens is 1. The molecular formula is C28H31F2N3O3. The van der Waals surface area contributed by atoms with Crippen LogP contribution in [-0.4, -0.2) is 65.8 Å². The Kier molecular flexibility index (Phi) is 7.05. The second-order valence-electron chi connectivity index (χ2n) is 9.80. The number of likely N-dealkylation sites (tertiary alicyclic amines) is 2. The van der Waals surface area contributed by atoms with Crippen LogP contribution in [0.2, 0.25) is 0 Å². The molecule has 1 atom stereocenters. The van der Waals surface area contributed by atoms with Crippen molar-refractivity contribution in [1.29, 1.82) is 0 Å². The second kappa shape index (κ2) is 10.4. The second-order valence-corrected chi connectivity index (χ2v) is 9.80. The number of hydrogen-bond acceptors (Lipinski definition) is 4. The van der Waals surface area contributed by atoms with Crippen LogP contribution in [0.1, 0.15) is 53.0 Å². The number of hydrogen-bond donors (Lipinski definition) is 1. The third kappa shape index (κ3) is 4.87. The zero-order valence-electron chi connectivity index (χ0n) is 20.4. The molecule has 1 aromatic heterocycles. The summed E-state index contributed by atoms with van der Waals surface area (Å²) < 4.78 is 32.4. The maximum atomic E-state index is 14.1. The van der Waals surface area contributed by atoms with E-state index in [4.69, 9.17) is 4.74 Å². The first-order chi connectivity index (χ1) is 17.4. The number of ketones is 1. The van der Waals surface area contributed by atoms with Crippen LogP contribution in [0.3, 0.4) is 0 Å². The van der Waals surface area contributed by atoms with Crippen LogP contribution in [0, 0.1) is 17.6 Å². The number of carbonyl (C=O) groups excluding carboxylic acids is 2. The highest BCUT2D eigenvalue weighted by Gasteiger charge is 2.32. The van der Waals surface area contributed by atoms with Crippen LogP contribution in [-0.2, 0) is 0 Å². The Bertz CT molecular complexity index is 1250. The number of ether oxygens (including phenoxy) is 1. The number of halogens is 2. The number of carbonyl (C=O) groups is 2. The van der Waals surface area contributed by atoms with Gasteiger partial charge in [-0.05, 0) is 87.7 Å². The van der Waals surface area contributed by atoms with Gasteiger partial charge in [-0.3, -0.25) is 9.59 Å². The molecule has 6 nitrogen and oxygen atoms in total. The SMILES string of the molecule is COc1c(F)ccc2[nH]c(C(=O)N3CCC[C@H]3CCN3CCC(C(=O)c4ccc(F)cc4)CC3)cc12. The van der Waals surface area contributed by atoms with Crippen molar-refractivity contribution in [2.75, 3.05) is 33.3 Å². The summed E-state index contributed by atoms with van der Waals surface area (Å²) >= 11 is 0. The zero-order valence-corrected chi connectivity index (χ0v) is 20.4. The first-order valence-electron chi connectivity index (χ1n) is 12.6. The van der Waals surface area contributed by atoms with Crippen molar-refractivity contribution < 1.29 is 23.1 Å². The van der Waals surface area contributed by atoms with Crippen LogP contribution in [0.5, 0.6) is 5.75 Å². The van der Waals surface area contributed by atoms with E-state index in [2.05, 4.69) is 9.88 Å². The predicted octanol–water partition coefficient (Wildman–Crippen LogP) is 5.04. The average Bonchev–Trinajstić information content (AvgIpc) is 3.55. The maximum absolute atomic E-state index is 14.1. The largest absolute Gasteiger partial charge is 0.493 e. The van der Waals surface area contributed by atoms with Crippen molar-refractivity contribution in [2.24, 2.45) is 5.92 Å². The lowest BCUT2D eigenvalue weighted by atomic mass is 9.88. The van der Waals surface area contributed by atoms with Crippen molar-refractivity contribution in [3.63, 3.8) is 0 Å². The Labute approximate surface area is 209 Å². The highest BCUT2D eigenvalue weighted by Crippen LogP contribution is 2.31. The quantitative estimate of drug-likeness (QED) is 0.466. The maximum Gasteiger partial charge on any atom is 0.270 e. The summed E-state index contributed by atoms with van der Waals surface area (Å²) in [6.07, 6.45) is 4.38. The van der Waals surface area contributed by atoms with E-state index in [1.54, 1.807) is 24.3 Å². The molecule has 0 unspecified atom stereocenters. The Morgan fingerprint density at radius 2 is 1.78 bits per heavy atom. The first kappa shape index (κ1) is 24.4. The van der Waals surface area contributed by atoms with Gasteiger partial charge < -0.3 is 19.5 Å². The molecule has 0 spiro atoms. The van der Waals surface area contributed by atoms with E-state index in [9.17, 15) is 18.4 Å². The minimum atomic E-state index is -0.454. The number of H-pyrrole nitrogens is 1. The monoisotopic (exact) mass is 495 g/mol. The zero-order chi connectivity index (χ0) is 25.2. The predicted molar refractivity (Wildman–Crippen MR) is 133 cm³/mol. The molecule has 5 rings (SSSR count). The van der Waals surface area contributed by atoms with Gasteiger partial charge in [0.2, 0.25) is 0 Å². The Morgan fingerprint density at radius 1 is 1.03 bits per heavy atom. The van der Waals surface area contributed by atoms with Gasteiger partial charge in [0.05, 0.1) is 7.11 Å². The van der Waals surface area contributed by atoms with Gasteiger partial charge in [-0.2, -0.15) is 0 Å². The molecule has 0 bridgehead atoms. The molecule has 1 N–H and O–H groups in total. The first-order valence-corrected chi connectivity index (χ1v) is 12.6. The normalized spacial score (nSPS) is 19.2. The summed E-state index contributed by atoms with van der Waals surface area (Å²) in [5.41, 5.74) is 1.69. The van der Waals surface area contributed by atoms with Gasteiger partial charge in [-0.25, -0.2) is 8.78 Å². The topological polar surface area (TPSA) is 65.6 Å². The van der Waals surface area contributed by atoms with Gasteiger partial charge in [0, 0.05) is 41.5 Å². The molecule has 0 radical (unpaired) electrons. The molecule has 36 heavy (non-hydrogen) atoms. The van der Waals surface area contributed by atoms with E-state index < -0.39 is 5.82 Å². The van der Waals surface area contributed by atoms with Gasteiger partial charge in [-0.1, -0.05) is 0 Å². The molecule has 8 heteroatoms. The highest BCUT2D eigenvalue weighted by atomic mass is 19.1. The van der Waals surface area contributed by atoms with Crippen LogP contribution in [0.25, 0.3) is 10.9 Å². The molecule has 0 aliphatic carbocycles. The van der Waals surface area contributed by atoms with Gasteiger partial charge in [0.15, 0.2) is 17.3 Å². The third-order valence-corrected chi connectivity index (χ3v) is 7.64. The van der Waals surface area contributed by atoms with Crippen molar-refractivity contribution in [3.8, 4) is 5.75 Å². The lowest BCUT2D eigenvalue weighted by molar-refractivity contribution is 0.0700. The molecule has 3 aromatic rings. The Balaban J connectivity index is 1.16. The number of rotatable bonds is 7. The molecule has 190 valence electrons. The van der Waals surface area contributed by atoms with Crippen molar-refractivity contribution >= 4 is 22.6 Å². The fraction of sp³-hybridized carbons (Fsp3) is 0.429. The van der Waals surface area contributed by atoms with Crippen molar-refractivity contribution in [3.05, 3.63) is 65.4 Å². The molecule has 2 aliphatic heterocycles. The molecule has 0 saturated carbocycles. The summed E-state index contributed by atoms with van der Waals surface area (Å²) in [4.78, 5) is 33.5. The van der Waals surface area contributed by atoms with Crippen LogP contribution in [0.15, 0.2) is 42.5 Å². The van der Waals surface area contributed by atoms with E-state index in [1.807, 2.05) is 4.90 Å². The summed E-state index contributed by atoms with van der Waals surface area (Å²) in [7, 11) is 1.42. The summed E-state index contributed by atoms with van der Waals surface area (Å²) in [6, 6.07) is 10.6. The number of Topliss-reactive ketones (excluding diaryl/α,β-unsaturated/α-hetero) is 1. The summed E-state index contributed by atoms with van der Waals surface area (Å²) in [5, 5.41) is 0.564. The number of piperidine rings is 1. The number of nitrogens with one attached hydrogen (secondary N) is 1. The minimum absolute atomic E-state index is 0.0277. The van der Waals surface area contributed by atoms with E-state index in [0.29, 0.717) is 28.7 Å². The molecular weight excluding hydrogens is 464 g/mol. The van der Waals surface area contributed by atoms with E-state index in [0.717, 1.165) is 51.7 Å². The standard InChI is InChI=1S/C28H31F2N3O3/c1-36-27-22-17-25(31-24(22)9-8-23(27)30)28(35)33-13-2-3-21(33)12-16-32-14-10-19(11-15-32)26(34)18-4-6-20(29)7-5-18/h4-9,17,19,21,31H,2-3,10-16H2,1H3/t21-/m0/s1. The molecule has 1 amide bonds. The minimum Gasteiger partial charge on any atom is -0.493 e. The van der Waals surface area contributed by atoms with E-state index in [1.165, 1.54) is 25.3 Å². The van der Waals surface area contributed by atoms with Gasteiger partial charge in [0.25, 0.3) is 5.91 Å². The molecule has 2 aliphatic rings. The molecule has 3 heterocycles. The summed E-state index contributed by atoms with van der Waals surface area (Å²) in [5.74, 6) is -0.650. The average molecular weight is 496 g/mol. The lowest BCUT2D eigenvalue weighted by Crippen LogP contribution is -2.41. The smallest absolute Gasteiger partial charge is 0.270 e. The number of nitrogens with zero attached hydrogens (tertiary/aromatic N) is 2. The lowest BCUT2D eigenvalue weighted by Gasteiger charge is -2.33. The Hall–Kier alpha value is -3.26. The number of benzene rings is 2.